The summed E-state index contributed by atoms with van der Waals surface area (Å²) in [5.74, 6) is 1.75. The third kappa shape index (κ3) is 3.40. The van der Waals surface area contributed by atoms with Crippen LogP contribution in [0.4, 0.5) is 0 Å². The molecule has 0 saturated heterocycles. The van der Waals surface area contributed by atoms with E-state index in [9.17, 15) is 4.79 Å². The molecule has 3 heterocycles. The van der Waals surface area contributed by atoms with Crippen molar-refractivity contribution in [3.8, 4) is 0 Å². The van der Waals surface area contributed by atoms with E-state index >= 15 is 0 Å². The fourth-order valence-electron chi connectivity index (χ4n) is 3.01. The van der Waals surface area contributed by atoms with Gasteiger partial charge >= 0.3 is 0 Å². The lowest BCUT2D eigenvalue weighted by molar-refractivity contribution is 0.0757. The predicted molar refractivity (Wildman–Crippen MR) is 90.9 cm³/mol. The van der Waals surface area contributed by atoms with E-state index in [4.69, 9.17) is 0 Å². The van der Waals surface area contributed by atoms with Crippen molar-refractivity contribution in [3.63, 3.8) is 0 Å². The monoisotopic (exact) mass is 334 g/mol. The average Bonchev–Trinajstić information content (AvgIpc) is 2.93. The van der Waals surface area contributed by atoms with Gasteiger partial charge in [0.25, 0.3) is 5.91 Å². The molecule has 1 aliphatic rings. The fraction of sp³-hybridized carbons (Fsp3) is 0.278. The summed E-state index contributed by atoms with van der Waals surface area (Å²) >= 11 is 0. The molecule has 1 aliphatic heterocycles. The highest BCUT2D eigenvalue weighted by molar-refractivity contribution is 5.93. The van der Waals surface area contributed by atoms with Gasteiger partial charge in [-0.15, -0.1) is 0 Å². The Morgan fingerprint density at radius 1 is 1.04 bits per heavy atom. The molecule has 0 radical (unpaired) electrons. The lowest BCUT2D eigenvalue weighted by Crippen LogP contribution is -2.33. The number of carbonyl (C=O) groups is 1. The zero-order chi connectivity index (χ0) is 17.1. The molecule has 3 aromatic rings. The van der Waals surface area contributed by atoms with Crippen LogP contribution < -0.4 is 0 Å². The molecule has 1 amide bonds. The van der Waals surface area contributed by atoms with E-state index in [1.54, 1.807) is 6.07 Å². The van der Waals surface area contributed by atoms with E-state index in [0.29, 0.717) is 31.6 Å². The number of fused-ring (bicyclic) bond motifs is 1. The van der Waals surface area contributed by atoms with E-state index in [1.165, 1.54) is 18.0 Å². The summed E-state index contributed by atoms with van der Waals surface area (Å²) in [5, 5.41) is 12.1. The van der Waals surface area contributed by atoms with Gasteiger partial charge in [0.15, 0.2) is 5.82 Å². The number of rotatable bonds is 3. The maximum Gasteiger partial charge on any atom is 0.255 e. The molecule has 0 saturated carbocycles. The van der Waals surface area contributed by atoms with Crippen molar-refractivity contribution >= 4 is 5.91 Å². The van der Waals surface area contributed by atoms with Gasteiger partial charge in [0.1, 0.15) is 5.82 Å². The minimum Gasteiger partial charge on any atom is -0.336 e. The zero-order valence-corrected chi connectivity index (χ0v) is 13.7. The van der Waals surface area contributed by atoms with Crippen molar-refractivity contribution in [2.75, 3.05) is 13.1 Å². The fourth-order valence-corrected chi connectivity index (χ4v) is 3.01. The Balaban J connectivity index is 1.45. The second kappa shape index (κ2) is 6.80. The summed E-state index contributed by atoms with van der Waals surface area (Å²) in [5.41, 5.74) is 1.76. The average molecular weight is 334 g/mol. The van der Waals surface area contributed by atoms with Crippen molar-refractivity contribution in [1.29, 1.82) is 0 Å². The second-order valence-electron chi connectivity index (χ2n) is 6.00. The van der Waals surface area contributed by atoms with Gasteiger partial charge in [-0.3, -0.25) is 4.79 Å². The molecule has 7 nitrogen and oxygen atoms in total. The normalized spacial score (nSPS) is 14.0. The van der Waals surface area contributed by atoms with Gasteiger partial charge < -0.3 is 4.90 Å². The van der Waals surface area contributed by atoms with Crippen molar-refractivity contribution in [3.05, 3.63) is 71.6 Å². The van der Waals surface area contributed by atoms with Gasteiger partial charge in [0, 0.05) is 25.9 Å². The van der Waals surface area contributed by atoms with Crippen LogP contribution in [0.5, 0.6) is 0 Å². The minimum atomic E-state index is -0.0230. The molecule has 1 aromatic carbocycles. The highest BCUT2D eigenvalue weighted by Crippen LogP contribution is 2.12. The maximum absolute atomic E-state index is 12.5. The van der Waals surface area contributed by atoms with Gasteiger partial charge in [-0.2, -0.15) is 15.3 Å². The summed E-state index contributed by atoms with van der Waals surface area (Å²) < 4.78 is 1.93. The molecule has 0 bridgehead atoms. The highest BCUT2D eigenvalue weighted by atomic mass is 16.2. The van der Waals surface area contributed by atoms with Gasteiger partial charge in [-0.25, -0.2) is 9.67 Å². The van der Waals surface area contributed by atoms with Crippen molar-refractivity contribution in [1.82, 2.24) is 29.9 Å². The Labute approximate surface area is 145 Å². The molecule has 126 valence electrons. The molecule has 0 N–H and O–H groups in total. The minimum absolute atomic E-state index is 0.0230. The smallest absolute Gasteiger partial charge is 0.255 e. The molecule has 0 fully saturated rings. The molecule has 0 spiro atoms. The van der Waals surface area contributed by atoms with Crippen LogP contribution >= 0.6 is 0 Å². The van der Waals surface area contributed by atoms with E-state index in [-0.39, 0.29) is 5.91 Å². The van der Waals surface area contributed by atoms with Crippen LogP contribution in [-0.4, -0.2) is 48.9 Å². The number of hydrogen-bond acceptors (Lipinski definition) is 5. The quantitative estimate of drug-likeness (QED) is 0.723. The second-order valence-corrected chi connectivity index (χ2v) is 6.00. The van der Waals surface area contributed by atoms with Crippen LogP contribution in [-0.2, 0) is 19.4 Å². The van der Waals surface area contributed by atoms with E-state index < -0.39 is 0 Å². The molecular weight excluding hydrogens is 316 g/mol. The molecule has 0 unspecified atom stereocenters. The Morgan fingerprint density at radius 2 is 1.92 bits per heavy atom. The van der Waals surface area contributed by atoms with Crippen LogP contribution in [0.1, 0.15) is 27.6 Å². The van der Waals surface area contributed by atoms with Crippen molar-refractivity contribution in [2.45, 2.75) is 19.4 Å². The number of nitrogens with zero attached hydrogens (tertiary/aromatic N) is 6. The van der Waals surface area contributed by atoms with Gasteiger partial charge in [0.2, 0.25) is 0 Å². The van der Waals surface area contributed by atoms with Gasteiger partial charge in [-0.1, -0.05) is 30.3 Å². The largest absolute Gasteiger partial charge is 0.336 e. The number of hydrogen-bond donors (Lipinski definition) is 0. The number of amides is 1. The summed E-state index contributed by atoms with van der Waals surface area (Å²) in [6.07, 6.45) is 4.47. The Morgan fingerprint density at radius 3 is 2.72 bits per heavy atom. The zero-order valence-electron chi connectivity index (χ0n) is 13.7. The SMILES string of the molecule is O=C(c1ccnnc1)N1CCc2nc(Cc3ccccc3)nn2CC1. The first kappa shape index (κ1) is 15.4. The highest BCUT2D eigenvalue weighted by Gasteiger charge is 2.22. The maximum atomic E-state index is 12.5. The first-order chi connectivity index (χ1) is 12.3. The van der Waals surface area contributed by atoms with Crippen LogP contribution in [0.3, 0.4) is 0 Å². The van der Waals surface area contributed by atoms with E-state index in [1.807, 2.05) is 27.8 Å². The summed E-state index contributed by atoms with van der Waals surface area (Å²) in [6.45, 7) is 1.90. The standard InChI is InChI=1S/C18H18N6O/c25-18(15-6-8-19-20-13-15)23-9-7-17-21-16(22-24(17)11-10-23)12-14-4-2-1-3-5-14/h1-6,8,13H,7,9-12H2. The Hall–Kier alpha value is -3.09. The van der Waals surface area contributed by atoms with Crippen LogP contribution in [0.25, 0.3) is 0 Å². The molecule has 4 rings (SSSR count). The number of carbonyl (C=O) groups excluding carboxylic acids is 1. The molecule has 0 atom stereocenters. The molecular formula is C18H18N6O. The third-order valence-corrected chi connectivity index (χ3v) is 4.30. The van der Waals surface area contributed by atoms with Crippen LogP contribution in [0.15, 0.2) is 48.8 Å². The first-order valence-corrected chi connectivity index (χ1v) is 8.32. The van der Waals surface area contributed by atoms with E-state index in [2.05, 4.69) is 32.4 Å². The van der Waals surface area contributed by atoms with E-state index in [0.717, 1.165) is 18.1 Å². The Bertz CT molecular complexity index is 836. The lowest BCUT2D eigenvalue weighted by atomic mass is 10.1. The summed E-state index contributed by atoms with van der Waals surface area (Å²) in [4.78, 5) is 19.0. The van der Waals surface area contributed by atoms with Crippen LogP contribution in [0.2, 0.25) is 0 Å². The van der Waals surface area contributed by atoms with Gasteiger partial charge in [-0.05, 0) is 11.6 Å². The molecule has 25 heavy (non-hydrogen) atoms. The predicted octanol–water partition coefficient (Wildman–Crippen LogP) is 1.36. The summed E-state index contributed by atoms with van der Waals surface area (Å²) in [6, 6.07) is 11.9. The molecule has 0 aliphatic carbocycles. The first-order valence-electron chi connectivity index (χ1n) is 8.32. The van der Waals surface area contributed by atoms with Crippen molar-refractivity contribution in [2.24, 2.45) is 0 Å². The van der Waals surface area contributed by atoms with Crippen molar-refractivity contribution < 1.29 is 4.79 Å². The Kier molecular flexibility index (Phi) is 4.20. The number of benzene rings is 1. The molecule has 2 aromatic heterocycles. The lowest BCUT2D eigenvalue weighted by Gasteiger charge is -2.19. The topological polar surface area (TPSA) is 76.8 Å². The number of aromatic nitrogens is 5. The van der Waals surface area contributed by atoms with Crippen LogP contribution in [0, 0.1) is 0 Å². The third-order valence-electron chi connectivity index (χ3n) is 4.30. The molecule has 7 heteroatoms. The summed E-state index contributed by atoms with van der Waals surface area (Å²) in [7, 11) is 0. The van der Waals surface area contributed by atoms with Gasteiger partial charge in [0.05, 0.1) is 24.5 Å².